The number of hydrogen-bond donors (Lipinski definition) is 0. The minimum atomic E-state index is -0.951. The van der Waals surface area contributed by atoms with Gasteiger partial charge in [-0.15, -0.1) is 4.31 Å². The molecule has 126 valence electrons. The molecule has 0 amide bonds. The number of benzene rings is 1. The van der Waals surface area contributed by atoms with Crippen LogP contribution in [0.3, 0.4) is 0 Å². The normalized spacial score (nSPS) is 13.5. The first-order valence-electron chi connectivity index (χ1n) is 8.66. The maximum absolute atomic E-state index is 12.8. The molecule has 3 heteroatoms. The van der Waals surface area contributed by atoms with E-state index in [9.17, 15) is 4.55 Å². The fourth-order valence-electron chi connectivity index (χ4n) is 2.46. The summed E-state index contributed by atoms with van der Waals surface area (Å²) in [4.78, 5) is 0. The van der Waals surface area contributed by atoms with Gasteiger partial charge in [-0.25, -0.2) is 0 Å². The van der Waals surface area contributed by atoms with Crippen LogP contribution >= 0.6 is 0 Å². The summed E-state index contributed by atoms with van der Waals surface area (Å²) in [6.45, 7) is 10.1. The van der Waals surface area contributed by atoms with E-state index in [1.165, 1.54) is 37.7 Å². The van der Waals surface area contributed by atoms with Gasteiger partial charge in [0, 0.05) is 17.9 Å². The molecule has 0 aromatic heterocycles. The van der Waals surface area contributed by atoms with Crippen LogP contribution in [0.2, 0.25) is 0 Å². The van der Waals surface area contributed by atoms with Crippen molar-refractivity contribution >= 4 is 11.4 Å². The van der Waals surface area contributed by atoms with E-state index in [0.29, 0.717) is 0 Å². The lowest BCUT2D eigenvalue weighted by Gasteiger charge is -2.32. The molecule has 0 aliphatic heterocycles. The van der Waals surface area contributed by atoms with Crippen molar-refractivity contribution in [1.82, 2.24) is 4.31 Å². The van der Waals surface area contributed by atoms with Gasteiger partial charge in [0.05, 0.1) is 6.54 Å². The molecule has 0 aliphatic carbocycles. The Hall–Kier alpha value is -0.510. The lowest BCUT2D eigenvalue weighted by atomic mass is 10.1. The molecule has 0 saturated heterocycles. The van der Waals surface area contributed by atoms with Gasteiger partial charge < -0.3 is 4.55 Å². The van der Waals surface area contributed by atoms with E-state index in [1.807, 2.05) is 6.07 Å². The maximum atomic E-state index is 12.8. The van der Waals surface area contributed by atoms with Gasteiger partial charge in [0.15, 0.2) is 0 Å². The van der Waals surface area contributed by atoms with Crippen molar-refractivity contribution in [3.8, 4) is 0 Å². The largest absolute Gasteiger partial charge is 0.597 e. The zero-order valence-electron chi connectivity index (χ0n) is 14.8. The summed E-state index contributed by atoms with van der Waals surface area (Å²) in [6, 6.07) is 10.4. The fourth-order valence-corrected chi connectivity index (χ4v) is 3.80. The Morgan fingerprint density at radius 1 is 0.955 bits per heavy atom. The van der Waals surface area contributed by atoms with Gasteiger partial charge in [0.25, 0.3) is 0 Å². The number of rotatable bonds is 10. The molecular formula is C19H33NOS. The summed E-state index contributed by atoms with van der Waals surface area (Å²) in [5.74, 6) is 0. The second-order valence-electron chi connectivity index (χ2n) is 6.98. The van der Waals surface area contributed by atoms with Crippen molar-refractivity contribution in [2.45, 2.75) is 77.5 Å². The van der Waals surface area contributed by atoms with Crippen molar-refractivity contribution in [3.63, 3.8) is 0 Å². The predicted molar refractivity (Wildman–Crippen MR) is 98.1 cm³/mol. The molecule has 2 nitrogen and oxygen atoms in total. The second-order valence-corrected chi connectivity index (χ2v) is 9.22. The molecule has 0 radical (unpaired) electrons. The van der Waals surface area contributed by atoms with E-state index in [4.69, 9.17) is 0 Å². The van der Waals surface area contributed by atoms with Crippen molar-refractivity contribution in [1.29, 1.82) is 0 Å². The Morgan fingerprint density at radius 2 is 1.55 bits per heavy atom. The number of hydrogen-bond acceptors (Lipinski definition) is 2. The fraction of sp³-hybridized carbons (Fsp3) is 0.684. The van der Waals surface area contributed by atoms with Crippen LogP contribution in [0.1, 0.15) is 71.8 Å². The zero-order chi connectivity index (χ0) is 16.4. The first-order chi connectivity index (χ1) is 10.4. The molecule has 1 aromatic carbocycles. The van der Waals surface area contributed by atoms with Gasteiger partial charge in [-0.05, 0) is 32.8 Å². The molecule has 0 saturated carbocycles. The van der Waals surface area contributed by atoms with Gasteiger partial charge in [-0.3, -0.25) is 0 Å². The highest BCUT2D eigenvalue weighted by Crippen LogP contribution is 2.23. The summed E-state index contributed by atoms with van der Waals surface area (Å²) in [5.41, 5.74) is 1.24. The van der Waals surface area contributed by atoms with Crippen LogP contribution in [0, 0.1) is 0 Å². The summed E-state index contributed by atoms with van der Waals surface area (Å²) in [6.07, 6.45) is 7.63. The molecule has 0 spiro atoms. The van der Waals surface area contributed by atoms with Crippen LogP contribution in [0.25, 0.3) is 0 Å². The molecule has 0 N–H and O–H groups in total. The predicted octanol–water partition coefficient (Wildman–Crippen LogP) is 5.31. The first kappa shape index (κ1) is 19.5. The molecule has 1 rings (SSSR count). The third-order valence-electron chi connectivity index (χ3n) is 3.72. The minimum Gasteiger partial charge on any atom is -0.597 e. The van der Waals surface area contributed by atoms with E-state index >= 15 is 0 Å². The van der Waals surface area contributed by atoms with Crippen molar-refractivity contribution in [3.05, 3.63) is 35.9 Å². The number of unbranched alkanes of at least 4 members (excludes halogenated alkanes) is 5. The molecule has 0 heterocycles. The SMILES string of the molecule is CCCCCCCCN(Cc1ccccc1)[S+]([O-])C(C)(C)C. The highest BCUT2D eigenvalue weighted by molar-refractivity contribution is 7.90. The number of nitrogens with zero attached hydrogens (tertiary/aromatic N) is 1. The lowest BCUT2D eigenvalue weighted by Crippen LogP contribution is -2.43. The van der Waals surface area contributed by atoms with Gasteiger partial charge in [0.1, 0.15) is 4.75 Å². The summed E-state index contributed by atoms with van der Waals surface area (Å²) < 4.78 is 14.7. The third-order valence-corrected chi connectivity index (χ3v) is 5.55. The highest BCUT2D eigenvalue weighted by atomic mass is 32.2. The Kier molecular flexibility index (Phi) is 9.15. The third kappa shape index (κ3) is 7.66. The molecule has 0 fully saturated rings. The van der Waals surface area contributed by atoms with Crippen LogP contribution in [0.5, 0.6) is 0 Å². The molecule has 1 atom stereocenters. The quantitative estimate of drug-likeness (QED) is 0.431. The maximum Gasteiger partial charge on any atom is 0.137 e. The lowest BCUT2D eigenvalue weighted by molar-refractivity contribution is 0.377. The standard InChI is InChI=1S/C19H33NOS/c1-5-6-7-8-9-13-16-20(22(21)19(2,3)4)17-18-14-11-10-12-15-18/h10-12,14-15H,5-9,13,16-17H2,1-4H3. The first-order valence-corrected chi connectivity index (χ1v) is 9.76. The van der Waals surface area contributed by atoms with Crippen LogP contribution in [-0.4, -0.2) is 20.1 Å². The Morgan fingerprint density at radius 3 is 2.14 bits per heavy atom. The molecule has 1 unspecified atom stereocenters. The minimum absolute atomic E-state index is 0.197. The van der Waals surface area contributed by atoms with Gasteiger partial charge >= 0.3 is 0 Å². The van der Waals surface area contributed by atoms with Crippen LogP contribution in [0.15, 0.2) is 30.3 Å². The molecular weight excluding hydrogens is 290 g/mol. The summed E-state index contributed by atoms with van der Waals surface area (Å²) in [5, 5.41) is 0. The van der Waals surface area contributed by atoms with E-state index < -0.39 is 11.4 Å². The van der Waals surface area contributed by atoms with E-state index in [-0.39, 0.29) is 4.75 Å². The van der Waals surface area contributed by atoms with Crippen LogP contribution < -0.4 is 0 Å². The Bertz CT molecular complexity index is 388. The van der Waals surface area contributed by atoms with Crippen LogP contribution in [-0.2, 0) is 17.9 Å². The average molecular weight is 324 g/mol. The van der Waals surface area contributed by atoms with E-state index in [0.717, 1.165) is 19.5 Å². The molecule has 0 bridgehead atoms. The van der Waals surface area contributed by atoms with Gasteiger partial charge in [-0.1, -0.05) is 69.4 Å². The summed E-state index contributed by atoms with van der Waals surface area (Å²) >= 11 is -0.951. The topological polar surface area (TPSA) is 26.3 Å². The monoisotopic (exact) mass is 323 g/mol. The average Bonchev–Trinajstić information content (AvgIpc) is 2.49. The highest BCUT2D eigenvalue weighted by Gasteiger charge is 2.32. The summed E-state index contributed by atoms with van der Waals surface area (Å²) in [7, 11) is 0. The Balaban J connectivity index is 2.51. The van der Waals surface area contributed by atoms with Crippen molar-refractivity contribution in [2.75, 3.05) is 6.54 Å². The molecule has 22 heavy (non-hydrogen) atoms. The van der Waals surface area contributed by atoms with Crippen LogP contribution in [0.4, 0.5) is 0 Å². The van der Waals surface area contributed by atoms with Crippen molar-refractivity contribution < 1.29 is 4.55 Å². The second kappa shape index (κ2) is 10.3. The van der Waals surface area contributed by atoms with E-state index in [2.05, 4.69) is 56.3 Å². The van der Waals surface area contributed by atoms with Gasteiger partial charge in [-0.2, -0.15) is 0 Å². The zero-order valence-corrected chi connectivity index (χ0v) is 15.6. The molecule has 1 aromatic rings. The Labute approximate surface area is 140 Å². The molecule has 0 aliphatic rings. The van der Waals surface area contributed by atoms with Gasteiger partial charge in [0.2, 0.25) is 0 Å². The smallest absolute Gasteiger partial charge is 0.137 e. The van der Waals surface area contributed by atoms with E-state index in [1.54, 1.807) is 0 Å². The van der Waals surface area contributed by atoms with Crippen molar-refractivity contribution in [2.24, 2.45) is 0 Å².